The molecule has 4 nitrogen and oxygen atoms in total. The van der Waals surface area contributed by atoms with Crippen LogP contribution in [0.25, 0.3) is 0 Å². The number of rotatable bonds is 7. The first-order valence-corrected chi connectivity index (χ1v) is 9.26. The first-order valence-electron chi connectivity index (χ1n) is 7.78. The lowest BCUT2D eigenvalue weighted by molar-refractivity contribution is 0.322. The van der Waals surface area contributed by atoms with Gasteiger partial charge in [0, 0.05) is 6.54 Å². The zero-order chi connectivity index (χ0) is 17.7. The van der Waals surface area contributed by atoms with E-state index in [1.54, 1.807) is 6.92 Å². The second kappa shape index (κ2) is 7.77. The maximum absolute atomic E-state index is 13.1. The summed E-state index contributed by atoms with van der Waals surface area (Å²) < 4.78 is 45.5. The van der Waals surface area contributed by atoms with Gasteiger partial charge in [-0.1, -0.05) is 26.0 Å². The second-order valence-corrected chi connectivity index (χ2v) is 7.62. The van der Waals surface area contributed by atoms with Crippen molar-refractivity contribution in [2.24, 2.45) is 0 Å². The molecule has 6 heteroatoms. The van der Waals surface area contributed by atoms with Crippen molar-refractivity contribution in [3.63, 3.8) is 0 Å². The van der Waals surface area contributed by atoms with Crippen LogP contribution in [0.2, 0.25) is 0 Å². The molecule has 0 aliphatic heterocycles. The van der Waals surface area contributed by atoms with E-state index in [1.165, 1.54) is 17.7 Å². The van der Waals surface area contributed by atoms with Gasteiger partial charge in [-0.25, -0.2) is 17.5 Å². The monoisotopic (exact) mass is 351 g/mol. The van der Waals surface area contributed by atoms with Gasteiger partial charge in [0.15, 0.2) is 0 Å². The number of hydrogen-bond acceptors (Lipinski definition) is 3. The highest BCUT2D eigenvalue weighted by Gasteiger charge is 2.16. The highest BCUT2D eigenvalue weighted by Crippen LogP contribution is 2.19. The summed E-state index contributed by atoms with van der Waals surface area (Å²) in [5, 5.41) is 0. The van der Waals surface area contributed by atoms with Gasteiger partial charge >= 0.3 is 0 Å². The molecule has 24 heavy (non-hydrogen) atoms. The van der Waals surface area contributed by atoms with Gasteiger partial charge in [0.2, 0.25) is 10.0 Å². The van der Waals surface area contributed by atoms with Crippen LogP contribution in [0.15, 0.2) is 47.4 Å². The Morgan fingerprint density at radius 1 is 1.12 bits per heavy atom. The summed E-state index contributed by atoms with van der Waals surface area (Å²) in [7, 11) is -3.68. The number of ether oxygens (including phenoxy) is 1. The van der Waals surface area contributed by atoms with E-state index in [9.17, 15) is 12.8 Å². The molecule has 0 aromatic heterocycles. The average molecular weight is 351 g/mol. The van der Waals surface area contributed by atoms with Crippen molar-refractivity contribution in [3.05, 3.63) is 59.4 Å². The number of hydrogen-bond donors (Lipinski definition) is 1. The molecule has 0 bridgehead atoms. The van der Waals surface area contributed by atoms with E-state index >= 15 is 0 Å². The Bertz CT molecular complexity index is 786. The normalized spacial score (nSPS) is 11.7. The van der Waals surface area contributed by atoms with Gasteiger partial charge in [-0.3, -0.25) is 0 Å². The fourth-order valence-corrected chi connectivity index (χ4v) is 3.52. The minimum absolute atomic E-state index is 0.0742. The van der Waals surface area contributed by atoms with Crippen molar-refractivity contribution in [1.29, 1.82) is 0 Å². The van der Waals surface area contributed by atoms with E-state index in [0.717, 1.165) is 6.07 Å². The van der Waals surface area contributed by atoms with Gasteiger partial charge < -0.3 is 4.74 Å². The number of sulfonamides is 1. The van der Waals surface area contributed by atoms with Gasteiger partial charge in [0.1, 0.15) is 18.2 Å². The summed E-state index contributed by atoms with van der Waals surface area (Å²) in [6.45, 7) is 6.13. The molecule has 0 saturated heterocycles. The van der Waals surface area contributed by atoms with Crippen LogP contribution in [0.5, 0.6) is 5.75 Å². The van der Waals surface area contributed by atoms with E-state index in [1.807, 2.05) is 24.3 Å². The van der Waals surface area contributed by atoms with E-state index in [2.05, 4.69) is 18.6 Å². The molecule has 2 rings (SSSR count). The molecule has 0 aliphatic carbocycles. The van der Waals surface area contributed by atoms with Gasteiger partial charge in [0.25, 0.3) is 0 Å². The van der Waals surface area contributed by atoms with Gasteiger partial charge in [-0.15, -0.1) is 0 Å². The summed E-state index contributed by atoms with van der Waals surface area (Å²) in [4.78, 5) is 0.0742. The quantitative estimate of drug-likeness (QED) is 0.775. The summed E-state index contributed by atoms with van der Waals surface area (Å²) in [5.74, 6) is 0.681. The van der Waals surface area contributed by atoms with Crippen LogP contribution in [0.1, 0.15) is 30.9 Å². The fourth-order valence-electron chi connectivity index (χ4n) is 2.29. The van der Waals surface area contributed by atoms with Crippen LogP contribution in [0.4, 0.5) is 4.39 Å². The topological polar surface area (TPSA) is 55.4 Å². The van der Waals surface area contributed by atoms with Crippen LogP contribution in [-0.2, 0) is 10.0 Å². The van der Waals surface area contributed by atoms with Crippen molar-refractivity contribution >= 4 is 10.0 Å². The Morgan fingerprint density at radius 2 is 1.79 bits per heavy atom. The molecule has 130 valence electrons. The van der Waals surface area contributed by atoms with Crippen LogP contribution in [0, 0.1) is 12.7 Å². The third-order valence-electron chi connectivity index (χ3n) is 3.64. The average Bonchev–Trinajstić information content (AvgIpc) is 2.51. The molecule has 0 amide bonds. The van der Waals surface area contributed by atoms with Gasteiger partial charge in [0.05, 0.1) is 4.90 Å². The molecule has 2 aromatic carbocycles. The highest BCUT2D eigenvalue weighted by atomic mass is 32.2. The zero-order valence-corrected chi connectivity index (χ0v) is 14.9. The van der Waals surface area contributed by atoms with Crippen molar-refractivity contribution in [2.75, 3.05) is 13.2 Å². The Balaban J connectivity index is 1.89. The molecule has 0 heterocycles. The fraction of sp³-hybridized carbons (Fsp3) is 0.333. The predicted octanol–water partition coefficient (Wildman–Crippen LogP) is 3.61. The summed E-state index contributed by atoms with van der Waals surface area (Å²) in [6, 6.07) is 11.3. The van der Waals surface area contributed by atoms with Crippen molar-refractivity contribution < 1.29 is 17.5 Å². The minimum atomic E-state index is -3.68. The molecule has 2 aromatic rings. The molecular weight excluding hydrogens is 329 g/mol. The minimum Gasteiger partial charge on any atom is -0.492 e. The Kier molecular flexibility index (Phi) is 5.96. The summed E-state index contributed by atoms with van der Waals surface area (Å²) in [6.07, 6.45) is 0. The van der Waals surface area contributed by atoms with Gasteiger partial charge in [-0.2, -0.15) is 0 Å². The second-order valence-electron chi connectivity index (χ2n) is 5.88. The zero-order valence-electron chi connectivity index (χ0n) is 14.0. The summed E-state index contributed by atoms with van der Waals surface area (Å²) >= 11 is 0. The van der Waals surface area contributed by atoms with Crippen LogP contribution < -0.4 is 9.46 Å². The number of halogens is 1. The number of aryl methyl sites for hydroxylation is 1. The third-order valence-corrected chi connectivity index (χ3v) is 5.26. The predicted molar refractivity (Wildman–Crippen MR) is 92.4 cm³/mol. The first-order chi connectivity index (χ1) is 11.3. The van der Waals surface area contributed by atoms with E-state index in [4.69, 9.17) is 4.74 Å². The maximum atomic E-state index is 13.1. The van der Waals surface area contributed by atoms with Crippen LogP contribution in [-0.4, -0.2) is 21.6 Å². The molecule has 0 unspecified atom stereocenters. The van der Waals surface area contributed by atoms with Crippen LogP contribution in [0.3, 0.4) is 0 Å². The Morgan fingerprint density at radius 3 is 2.38 bits per heavy atom. The molecule has 0 atom stereocenters. The third kappa shape index (κ3) is 4.79. The molecule has 0 saturated carbocycles. The molecule has 1 N–H and O–H groups in total. The SMILES string of the molecule is Cc1cc(F)ccc1S(=O)(=O)NCCOc1ccc(C(C)C)cc1. The lowest BCUT2D eigenvalue weighted by atomic mass is 10.0. The molecule has 0 radical (unpaired) electrons. The van der Waals surface area contributed by atoms with Crippen molar-refractivity contribution in [1.82, 2.24) is 4.72 Å². The van der Waals surface area contributed by atoms with E-state index < -0.39 is 15.8 Å². The molecular formula is C18H22FNO3S. The number of nitrogens with one attached hydrogen (secondary N) is 1. The van der Waals surface area contributed by atoms with E-state index in [-0.39, 0.29) is 18.0 Å². The standard InChI is InChI=1S/C18H22FNO3S/c1-13(2)15-4-7-17(8-5-15)23-11-10-20-24(21,22)18-9-6-16(19)12-14(18)3/h4-9,12-13,20H,10-11H2,1-3H3. The molecule has 0 aliphatic rings. The smallest absolute Gasteiger partial charge is 0.240 e. The first kappa shape index (κ1) is 18.4. The Labute approximate surface area is 142 Å². The highest BCUT2D eigenvalue weighted by molar-refractivity contribution is 7.89. The van der Waals surface area contributed by atoms with Crippen LogP contribution >= 0.6 is 0 Å². The lowest BCUT2D eigenvalue weighted by Gasteiger charge is -2.11. The Hall–Kier alpha value is -1.92. The van der Waals surface area contributed by atoms with Crippen molar-refractivity contribution in [3.8, 4) is 5.75 Å². The van der Waals surface area contributed by atoms with E-state index in [0.29, 0.717) is 17.2 Å². The molecule has 0 spiro atoms. The summed E-state index contributed by atoms with van der Waals surface area (Å²) in [5.41, 5.74) is 1.59. The maximum Gasteiger partial charge on any atom is 0.240 e. The lowest BCUT2D eigenvalue weighted by Crippen LogP contribution is -2.28. The van der Waals surface area contributed by atoms with Gasteiger partial charge in [-0.05, 0) is 54.3 Å². The number of benzene rings is 2. The molecule has 0 fully saturated rings. The largest absolute Gasteiger partial charge is 0.492 e. The van der Waals surface area contributed by atoms with Crippen molar-refractivity contribution in [2.45, 2.75) is 31.6 Å².